The first-order valence-electron chi connectivity index (χ1n) is 14.1. The van der Waals surface area contributed by atoms with Gasteiger partial charge >= 0.3 is 0 Å². The lowest BCUT2D eigenvalue weighted by Gasteiger charge is -2.36. The Kier molecular flexibility index (Phi) is 9.00. The van der Waals surface area contributed by atoms with Crippen LogP contribution in [-0.2, 0) is 11.8 Å². The second-order valence-electron chi connectivity index (χ2n) is 11.5. The molecule has 0 N–H and O–H groups in total. The molecule has 196 valence electrons. The number of piperazine rings is 1. The number of unbranched alkanes of at least 4 members (excludes halogenated alkanes) is 2. The number of anilines is 2. The Bertz CT molecular complexity index is 1010. The van der Waals surface area contributed by atoms with Gasteiger partial charge in [-0.25, -0.2) is 9.97 Å². The van der Waals surface area contributed by atoms with E-state index in [2.05, 4.69) is 60.6 Å². The molecule has 0 unspecified atom stereocenters. The zero-order valence-electron chi connectivity index (χ0n) is 22.9. The number of aryl methyl sites for hydroxylation is 1. The van der Waals surface area contributed by atoms with E-state index in [0.29, 0.717) is 12.2 Å². The number of rotatable bonds is 9. The van der Waals surface area contributed by atoms with Gasteiger partial charge in [0.2, 0.25) is 0 Å². The molecule has 1 aromatic carbocycles. The smallest absolute Gasteiger partial charge is 0.165 e. The van der Waals surface area contributed by atoms with Crippen molar-refractivity contribution in [2.45, 2.75) is 78.1 Å². The van der Waals surface area contributed by atoms with Crippen LogP contribution in [0, 0.1) is 0 Å². The molecule has 0 saturated carbocycles. The van der Waals surface area contributed by atoms with Crippen molar-refractivity contribution in [3.8, 4) is 0 Å². The average molecular weight is 492 g/mol. The van der Waals surface area contributed by atoms with Crippen LogP contribution in [0.1, 0.15) is 88.1 Å². The maximum atomic E-state index is 12.4. The maximum absolute atomic E-state index is 12.4. The predicted octanol–water partition coefficient (Wildman–Crippen LogP) is 5.50. The minimum atomic E-state index is -0.0365. The van der Waals surface area contributed by atoms with E-state index in [-0.39, 0.29) is 5.41 Å². The van der Waals surface area contributed by atoms with Crippen molar-refractivity contribution in [1.82, 2.24) is 14.9 Å². The van der Waals surface area contributed by atoms with Gasteiger partial charge in [-0.1, -0.05) is 52.7 Å². The average Bonchev–Trinajstić information content (AvgIpc) is 3.02. The molecule has 6 heteroatoms. The second kappa shape index (κ2) is 12.2. The van der Waals surface area contributed by atoms with Crippen molar-refractivity contribution >= 4 is 17.3 Å². The normalized spacial score (nSPS) is 17.3. The van der Waals surface area contributed by atoms with Crippen LogP contribution in [-0.4, -0.2) is 66.5 Å². The van der Waals surface area contributed by atoms with E-state index in [1.165, 1.54) is 31.5 Å². The fourth-order valence-corrected chi connectivity index (χ4v) is 5.28. The summed E-state index contributed by atoms with van der Waals surface area (Å²) in [6.07, 6.45) is 7.39. The molecule has 4 rings (SSSR count). The summed E-state index contributed by atoms with van der Waals surface area (Å²) >= 11 is 0. The Balaban J connectivity index is 1.22. The number of hydrogen-bond acceptors (Lipinski definition) is 6. The van der Waals surface area contributed by atoms with Gasteiger partial charge in [-0.15, -0.1) is 0 Å². The highest BCUT2D eigenvalue weighted by molar-refractivity contribution is 6.01. The van der Waals surface area contributed by atoms with Crippen molar-refractivity contribution < 1.29 is 4.79 Å². The third kappa shape index (κ3) is 6.84. The van der Waals surface area contributed by atoms with Crippen LogP contribution < -0.4 is 9.80 Å². The van der Waals surface area contributed by atoms with E-state index in [1.807, 2.05) is 12.1 Å². The molecule has 3 heterocycles. The number of nitrogens with zero attached hydrogens (tertiary/aromatic N) is 5. The monoisotopic (exact) mass is 491 g/mol. The number of ketones is 1. The van der Waals surface area contributed by atoms with Gasteiger partial charge in [0.15, 0.2) is 5.78 Å². The summed E-state index contributed by atoms with van der Waals surface area (Å²) < 4.78 is 0. The van der Waals surface area contributed by atoms with E-state index >= 15 is 0 Å². The number of benzene rings is 1. The van der Waals surface area contributed by atoms with Crippen LogP contribution in [0.5, 0.6) is 0 Å². The molecule has 36 heavy (non-hydrogen) atoms. The molecule has 1 saturated heterocycles. The summed E-state index contributed by atoms with van der Waals surface area (Å²) in [5.74, 6) is 2.36. The number of para-hydroxylation sites is 1. The van der Waals surface area contributed by atoms with Crippen LogP contribution >= 0.6 is 0 Å². The van der Waals surface area contributed by atoms with Gasteiger partial charge in [0.1, 0.15) is 11.6 Å². The Morgan fingerprint density at radius 3 is 2.42 bits per heavy atom. The molecule has 0 radical (unpaired) electrons. The second-order valence-corrected chi connectivity index (χ2v) is 11.5. The Morgan fingerprint density at radius 2 is 1.67 bits per heavy atom. The summed E-state index contributed by atoms with van der Waals surface area (Å²) in [5, 5.41) is 0. The highest BCUT2D eigenvalue weighted by Crippen LogP contribution is 2.27. The fourth-order valence-electron chi connectivity index (χ4n) is 5.28. The van der Waals surface area contributed by atoms with Crippen LogP contribution in [0.4, 0.5) is 11.5 Å². The first-order valence-corrected chi connectivity index (χ1v) is 14.1. The molecule has 6 nitrogen and oxygen atoms in total. The molecule has 2 aliphatic rings. The van der Waals surface area contributed by atoms with Crippen LogP contribution in [0.15, 0.2) is 30.3 Å². The summed E-state index contributed by atoms with van der Waals surface area (Å²) in [6.45, 7) is 16.3. The Labute approximate surface area is 218 Å². The Hall–Kier alpha value is -2.47. The first-order chi connectivity index (χ1) is 17.3. The summed E-state index contributed by atoms with van der Waals surface area (Å²) in [6, 6.07) is 10.4. The number of fused-ring (bicyclic) bond motifs is 1. The van der Waals surface area contributed by atoms with Crippen LogP contribution in [0.25, 0.3) is 0 Å². The van der Waals surface area contributed by atoms with Gasteiger partial charge in [-0.3, -0.25) is 9.69 Å². The zero-order chi connectivity index (χ0) is 25.5. The molecular formula is C30H45N5O. The highest BCUT2D eigenvalue weighted by Gasteiger charge is 2.23. The van der Waals surface area contributed by atoms with Crippen LogP contribution in [0.3, 0.4) is 0 Å². The number of hydrogen-bond donors (Lipinski definition) is 0. The van der Waals surface area contributed by atoms with E-state index < -0.39 is 0 Å². The molecule has 0 amide bonds. The molecule has 0 aliphatic carbocycles. The SMILES string of the molecule is CCCc1cc(N2CCN(CCCCCN3CCCC(=O)c4ccccc43)CC2)nc(C(C)(C)C)n1. The van der Waals surface area contributed by atoms with Crippen molar-refractivity contribution in [3.63, 3.8) is 0 Å². The number of carbonyl (C=O) groups excluding carboxylic acids is 1. The van der Waals surface area contributed by atoms with Crippen LogP contribution in [0.2, 0.25) is 0 Å². The van der Waals surface area contributed by atoms with Gasteiger partial charge in [0, 0.05) is 74.1 Å². The summed E-state index contributed by atoms with van der Waals surface area (Å²) in [4.78, 5) is 29.7. The molecule has 0 atom stereocenters. The minimum absolute atomic E-state index is 0.0365. The van der Waals surface area contributed by atoms with Crippen molar-refractivity contribution in [2.24, 2.45) is 0 Å². The van der Waals surface area contributed by atoms with E-state index in [9.17, 15) is 4.79 Å². The molecule has 2 aliphatic heterocycles. The standard InChI is InChI=1S/C30H45N5O/c1-5-12-24-23-28(32-29(31-24)30(2,3)4)35-21-19-33(20-22-35)16-9-6-10-17-34-18-11-15-27(36)25-13-7-8-14-26(25)34/h7-8,13-14,23H,5-6,9-12,15-22H2,1-4H3. The van der Waals surface area contributed by atoms with Crippen molar-refractivity contribution in [2.75, 3.05) is 55.6 Å². The quantitative estimate of drug-likeness (QED) is 0.432. The lowest BCUT2D eigenvalue weighted by molar-refractivity contribution is 0.0984. The maximum Gasteiger partial charge on any atom is 0.165 e. The van der Waals surface area contributed by atoms with E-state index in [4.69, 9.17) is 9.97 Å². The predicted molar refractivity (Wildman–Crippen MR) is 149 cm³/mol. The van der Waals surface area contributed by atoms with Gasteiger partial charge in [0.05, 0.1) is 0 Å². The van der Waals surface area contributed by atoms with Gasteiger partial charge in [-0.05, 0) is 44.4 Å². The molecular weight excluding hydrogens is 446 g/mol. The van der Waals surface area contributed by atoms with Crippen molar-refractivity contribution in [3.05, 3.63) is 47.4 Å². The highest BCUT2D eigenvalue weighted by atomic mass is 16.1. The lowest BCUT2D eigenvalue weighted by atomic mass is 9.95. The first kappa shape index (κ1) is 26.6. The molecule has 1 aromatic heterocycles. The summed E-state index contributed by atoms with van der Waals surface area (Å²) in [7, 11) is 0. The zero-order valence-corrected chi connectivity index (χ0v) is 22.9. The minimum Gasteiger partial charge on any atom is -0.371 e. The van der Waals surface area contributed by atoms with Gasteiger partial charge in [-0.2, -0.15) is 0 Å². The van der Waals surface area contributed by atoms with E-state index in [0.717, 1.165) is 81.4 Å². The fraction of sp³-hybridized carbons (Fsp3) is 0.633. The van der Waals surface area contributed by atoms with Gasteiger partial charge in [0.25, 0.3) is 0 Å². The third-order valence-corrected chi connectivity index (χ3v) is 7.42. The number of Topliss-reactive ketones (excluding diaryl/α,β-unsaturated/α-hetero) is 1. The molecule has 1 fully saturated rings. The largest absolute Gasteiger partial charge is 0.371 e. The number of carbonyl (C=O) groups is 1. The third-order valence-electron chi connectivity index (χ3n) is 7.42. The molecule has 0 bridgehead atoms. The van der Waals surface area contributed by atoms with Crippen molar-refractivity contribution in [1.29, 1.82) is 0 Å². The molecule has 0 spiro atoms. The Morgan fingerprint density at radius 1 is 0.917 bits per heavy atom. The topological polar surface area (TPSA) is 52.6 Å². The number of aromatic nitrogens is 2. The summed E-state index contributed by atoms with van der Waals surface area (Å²) in [5.41, 5.74) is 3.18. The van der Waals surface area contributed by atoms with Gasteiger partial charge < -0.3 is 9.80 Å². The lowest BCUT2D eigenvalue weighted by Crippen LogP contribution is -2.47. The van der Waals surface area contributed by atoms with E-state index in [1.54, 1.807) is 0 Å². The molecule has 2 aromatic rings.